The maximum absolute atomic E-state index is 5.34. The molecule has 1 aromatic heterocycles. The summed E-state index contributed by atoms with van der Waals surface area (Å²) in [7, 11) is 0. The average Bonchev–Trinajstić information content (AvgIpc) is 3.04. The molecule has 0 atom stereocenters. The number of benzene rings is 1. The highest BCUT2D eigenvalue weighted by atomic mass is 16.5. The van der Waals surface area contributed by atoms with E-state index >= 15 is 0 Å². The highest BCUT2D eigenvalue weighted by molar-refractivity contribution is 5.79. The fourth-order valence-corrected chi connectivity index (χ4v) is 2.29. The van der Waals surface area contributed by atoms with E-state index in [0.29, 0.717) is 13.2 Å². The fourth-order valence-electron chi connectivity index (χ4n) is 2.29. The molecule has 0 fully saturated rings. The van der Waals surface area contributed by atoms with Crippen LogP contribution in [0.2, 0.25) is 0 Å². The highest BCUT2D eigenvalue weighted by Gasteiger charge is 2.04. The number of nitrogens with zero attached hydrogens (tertiary/aromatic N) is 3. The molecular weight excluding hydrogens is 302 g/mol. The summed E-state index contributed by atoms with van der Waals surface area (Å²) < 4.78 is 7.46. The smallest absolute Gasteiger partial charge is 0.191 e. The number of aliphatic imine (C=N–C) groups is 1. The number of hydrogen-bond acceptors (Lipinski definition) is 3. The standard InChI is InChI=1S/C18H27N5O/c1-3-19-18(21-11-13-24-4-2)22-14-17-20-10-12-23(17)15-16-8-6-5-7-9-16/h5-10,12H,3-4,11,13-15H2,1-2H3,(H2,19,21,22). The Morgan fingerprint density at radius 1 is 1.21 bits per heavy atom. The first-order chi connectivity index (χ1) is 11.8. The van der Waals surface area contributed by atoms with Gasteiger partial charge in [0.15, 0.2) is 5.96 Å². The minimum absolute atomic E-state index is 0.532. The number of guanidine groups is 1. The van der Waals surface area contributed by atoms with Crippen LogP contribution in [0.3, 0.4) is 0 Å². The lowest BCUT2D eigenvalue weighted by atomic mass is 10.2. The van der Waals surface area contributed by atoms with Gasteiger partial charge in [0.2, 0.25) is 0 Å². The maximum Gasteiger partial charge on any atom is 0.191 e. The Labute approximate surface area is 144 Å². The molecule has 1 aromatic carbocycles. The van der Waals surface area contributed by atoms with E-state index in [1.54, 1.807) is 0 Å². The minimum Gasteiger partial charge on any atom is -0.380 e. The molecule has 130 valence electrons. The molecule has 0 aliphatic carbocycles. The predicted molar refractivity (Wildman–Crippen MR) is 97.1 cm³/mol. The van der Waals surface area contributed by atoms with Crippen molar-refractivity contribution in [1.29, 1.82) is 0 Å². The monoisotopic (exact) mass is 329 g/mol. The molecule has 0 saturated heterocycles. The van der Waals surface area contributed by atoms with Crippen molar-refractivity contribution in [2.45, 2.75) is 26.9 Å². The lowest BCUT2D eigenvalue weighted by molar-refractivity contribution is 0.152. The van der Waals surface area contributed by atoms with Crippen molar-refractivity contribution in [3.8, 4) is 0 Å². The van der Waals surface area contributed by atoms with Crippen molar-refractivity contribution in [2.75, 3.05) is 26.3 Å². The number of nitrogens with one attached hydrogen (secondary N) is 2. The van der Waals surface area contributed by atoms with Gasteiger partial charge in [0, 0.05) is 38.6 Å². The summed E-state index contributed by atoms with van der Waals surface area (Å²) >= 11 is 0. The van der Waals surface area contributed by atoms with Crippen molar-refractivity contribution in [1.82, 2.24) is 20.2 Å². The van der Waals surface area contributed by atoms with E-state index in [-0.39, 0.29) is 0 Å². The Morgan fingerprint density at radius 2 is 2.04 bits per heavy atom. The average molecular weight is 329 g/mol. The molecule has 2 N–H and O–H groups in total. The number of imidazole rings is 1. The lowest BCUT2D eigenvalue weighted by Crippen LogP contribution is -2.39. The van der Waals surface area contributed by atoms with Gasteiger partial charge >= 0.3 is 0 Å². The van der Waals surface area contributed by atoms with Gasteiger partial charge in [0.05, 0.1) is 6.61 Å². The van der Waals surface area contributed by atoms with E-state index in [0.717, 1.165) is 38.0 Å². The van der Waals surface area contributed by atoms with Crippen LogP contribution < -0.4 is 10.6 Å². The quantitative estimate of drug-likeness (QED) is 0.420. The molecule has 0 bridgehead atoms. The van der Waals surface area contributed by atoms with Gasteiger partial charge in [-0.25, -0.2) is 9.98 Å². The predicted octanol–water partition coefficient (Wildman–Crippen LogP) is 2.02. The summed E-state index contributed by atoms with van der Waals surface area (Å²) in [5.74, 6) is 1.73. The molecule has 0 unspecified atom stereocenters. The number of rotatable bonds is 9. The van der Waals surface area contributed by atoms with Crippen LogP contribution >= 0.6 is 0 Å². The van der Waals surface area contributed by atoms with Crippen molar-refractivity contribution in [2.24, 2.45) is 4.99 Å². The SMILES string of the molecule is CCNC(=NCc1nccn1Cc1ccccc1)NCCOCC. The van der Waals surface area contributed by atoms with Gasteiger partial charge in [0.25, 0.3) is 0 Å². The largest absolute Gasteiger partial charge is 0.380 e. The molecule has 0 spiro atoms. The molecule has 0 radical (unpaired) electrons. The first-order valence-electron chi connectivity index (χ1n) is 8.47. The summed E-state index contributed by atoms with van der Waals surface area (Å²) in [5, 5.41) is 6.50. The van der Waals surface area contributed by atoms with E-state index < -0.39 is 0 Å². The van der Waals surface area contributed by atoms with Gasteiger partial charge in [-0.3, -0.25) is 0 Å². The first kappa shape index (κ1) is 18.0. The van der Waals surface area contributed by atoms with Crippen LogP contribution in [-0.4, -0.2) is 41.8 Å². The second kappa shape index (κ2) is 10.4. The van der Waals surface area contributed by atoms with Crippen LogP contribution in [0.4, 0.5) is 0 Å². The van der Waals surface area contributed by atoms with E-state index in [1.165, 1.54) is 5.56 Å². The van der Waals surface area contributed by atoms with E-state index in [9.17, 15) is 0 Å². The van der Waals surface area contributed by atoms with Crippen LogP contribution in [0, 0.1) is 0 Å². The molecule has 6 nitrogen and oxygen atoms in total. The Morgan fingerprint density at radius 3 is 2.79 bits per heavy atom. The van der Waals surface area contributed by atoms with E-state index in [1.807, 2.05) is 25.4 Å². The summed E-state index contributed by atoms with van der Waals surface area (Å²) in [4.78, 5) is 9.04. The Balaban J connectivity index is 1.94. The van der Waals surface area contributed by atoms with E-state index in [4.69, 9.17) is 4.74 Å². The molecule has 0 aliphatic heterocycles. The van der Waals surface area contributed by atoms with Crippen molar-refractivity contribution in [3.63, 3.8) is 0 Å². The molecule has 2 aromatic rings. The third kappa shape index (κ3) is 6.04. The second-order valence-corrected chi connectivity index (χ2v) is 5.28. The van der Waals surface area contributed by atoms with Crippen LogP contribution in [0.5, 0.6) is 0 Å². The number of hydrogen-bond donors (Lipinski definition) is 2. The Hall–Kier alpha value is -2.34. The first-order valence-corrected chi connectivity index (χ1v) is 8.47. The van der Waals surface area contributed by atoms with Crippen LogP contribution in [0.25, 0.3) is 0 Å². The summed E-state index contributed by atoms with van der Waals surface area (Å²) in [6, 6.07) is 10.4. The third-order valence-electron chi connectivity index (χ3n) is 3.46. The molecule has 0 aliphatic rings. The Bertz CT molecular complexity index is 609. The van der Waals surface area contributed by atoms with Crippen molar-refractivity contribution in [3.05, 3.63) is 54.1 Å². The Kier molecular flexibility index (Phi) is 7.83. The van der Waals surface area contributed by atoms with Gasteiger partial charge in [-0.15, -0.1) is 0 Å². The molecule has 2 rings (SSSR count). The molecule has 0 saturated carbocycles. The van der Waals surface area contributed by atoms with Crippen molar-refractivity contribution < 1.29 is 4.74 Å². The van der Waals surface area contributed by atoms with Crippen LogP contribution in [0.15, 0.2) is 47.7 Å². The highest BCUT2D eigenvalue weighted by Crippen LogP contribution is 2.06. The third-order valence-corrected chi connectivity index (χ3v) is 3.46. The zero-order valence-corrected chi connectivity index (χ0v) is 14.5. The topological polar surface area (TPSA) is 63.5 Å². The van der Waals surface area contributed by atoms with E-state index in [2.05, 4.69) is 56.4 Å². The molecule has 1 heterocycles. The van der Waals surface area contributed by atoms with Gasteiger partial charge in [-0.05, 0) is 19.4 Å². The zero-order chi connectivity index (χ0) is 17.0. The molecular formula is C18H27N5O. The summed E-state index contributed by atoms with van der Waals surface area (Å²) in [5.41, 5.74) is 1.25. The number of aromatic nitrogens is 2. The van der Waals surface area contributed by atoms with Crippen molar-refractivity contribution >= 4 is 5.96 Å². The summed E-state index contributed by atoms with van der Waals surface area (Å²) in [6.45, 7) is 8.33. The van der Waals surface area contributed by atoms with Crippen LogP contribution in [-0.2, 0) is 17.8 Å². The lowest BCUT2D eigenvalue weighted by Gasteiger charge is -2.11. The molecule has 0 amide bonds. The fraction of sp³-hybridized carbons (Fsp3) is 0.444. The minimum atomic E-state index is 0.532. The van der Waals surface area contributed by atoms with Crippen LogP contribution in [0.1, 0.15) is 25.2 Å². The maximum atomic E-state index is 5.34. The van der Waals surface area contributed by atoms with Gasteiger partial charge < -0.3 is 19.9 Å². The molecule has 24 heavy (non-hydrogen) atoms. The van der Waals surface area contributed by atoms with Gasteiger partial charge in [-0.1, -0.05) is 30.3 Å². The van der Waals surface area contributed by atoms with Gasteiger partial charge in [0.1, 0.15) is 12.4 Å². The summed E-state index contributed by atoms with van der Waals surface area (Å²) in [6.07, 6.45) is 3.82. The molecule has 6 heteroatoms. The zero-order valence-electron chi connectivity index (χ0n) is 14.5. The second-order valence-electron chi connectivity index (χ2n) is 5.28. The number of ether oxygens (including phenoxy) is 1. The van der Waals surface area contributed by atoms with Gasteiger partial charge in [-0.2, -0.15) is 0 Å². The normalized spacial score (nSPS) is 11.5.